The highest BCUT2D eigenvalue weighted by molar-refractivity contribution is 6.31. The van der Waals surface area contributed by atoms with Gasteiger partial charge in [-0.2, -0.15) is 18.3 Å². The van der Waals surface area contributed by atoms with Gasteiger partial charge in [-0.05, 0) is 25.1 Å². The van der Waals surface area contributed by atoms with Gasteiger partial charge in [0.05, 0.1) is 22.0 Å². The van der Waals surface area contributed by atoms with Crippen LogP contribution in [0.5, 0.6) is 0 Å². The number of hydrogen-bond acceptors (Lipinski definition) is 3. The second kappa shape index (κ2) is 5.28. The molecule has 5 nitrogen and oxygen atoms in total. The molecule has 9 heteroatoms. The summed E-state index contributed by atoms with van der Waals surface area (Å²) in [5.74, 6) is -0.622. The van der Waals surface area contributed by atoms with Crippen LogP contribution >= 0.6 is 11.6 Å². The van der Waals surface area contributed by atoms with Crippen molar-refractivity contribution in [1.82, 2.24) is 9.78 Å². The number of alkyl halides is 3. The van der Waals surface area contributed by atoms with Crippen LogP contribution in [0.1, 0.15) is 16.8 Å². The summed E-state index contributed by atoms with van der Waals surface area (Å²) in [7, 11) is 0. The number of hydrogen-bond donors (Lipinski definition) is 2. The first kappa shape index (κ1) is 15.2. The molecule has 0 unspecified atom stereocenters. The fourth-order valence-corrected chi connectivity index (χ4v) is 1.89. The first-order valence-electron chi connectivity index (χ1n) is 5.65. The van der Waals surface area contributed by atoms with Crippen LogP contribution in [0.15, 0.2) is 29.6 Å². The van der Waals surface area contributed by atoms with Crippen molar-refractivity contribution < 1.29 is 18.4 Å². The third kappa shape index (κ3) is 2.94. The van der Waals surface area contributed by atoms with Gasteiger partial charge >= 0.3 is 6.18 Å². The maximum absolute atomic E-state index is 13.1. The Morgan fingerprint density at radius 3 is 2.57 bits per heavy atom. The molecule has 1 aromatic heterocycles. The zero-order valence-electron chi connectivity index (χ0n) is 10.7. The van der Waals surface area contributed by atoms with Gasteiger partial charge in [0.1, 0.15) is 0 Å². The maximum Gasteiger partial charge on any atom is 0.417 e. The van der Waals surface area contributed by atoms with Crippen molar-refractivity contribution in [2.24, 2.45) is 10.9 Å². The van der Waals surface area contributed by atoms with Crippen molar-refractivity contribution >= 4 is 17.4 Å². The quantitative estimate of drug-likeness (QED) is 0.387. The molecule has 1 aromatic carbocycles. The predicted octanol–water partition coefficient (Wildman–Crippen LogP) is 2.95. The Balaban J connectivity index is 2.62. The van der Waals surface area contributed by atoms with Gasteiger partial charge in [-0.3, -0.25) is 0 Å². The first-order chi connectivity index (χ1) is 9.74. The third-order valence-corrected chi connectivity index (χ3v) is 3.17. The van der Waals surface area contributed by atoms with Gasteiger partial charge in [-0.25, -0.2) is 4.68 Å². The van der Waals surface area contributed by atoms with Gasteiger partial charge in [-0.15, -0.1) is 0 Å². The van der Waals surface area contributed by atoms with Crippen LogP contribution in [0, 0.1) is 6.92 Å². The standard InChI is InChI=1S/C12H10ClF3N4O/c1-6-10(13)5-20(18-6)7-2-3-8(11(17)19-21)9(4-7)12(14,15)16/h2-5,21H,1H3,(H2,17,19). The molecule has 112 valence electrons. The average molecular weight is 319 g/mol. The summed E-state index contributed by atoms with van der Waals surface area (Å²) in [5, 5.41) is 15.5. The summed E-state index contributed by atoms with van der Waals surface area (Å²) in [5.41, 5.74) is 4.47. The number of halogens is 4. The SMILES string of the molecule is Cc1nn(-c2ccc(C(N)=NO)c(C(F)(F)F)c2)cc1Cl. The number of benzene rings is 1. The number of oxime groups is 1. The van der Waals surface area contributed by atoms with E-state index in [2.05, 4.69) is 10.3 Å². The van der Waals surface area contributed by atoms with E-state index in [0.717, 1.165) is 12.1 Å². The normalized spacial score (nSPS) is 12.7. The molecular formula is C12H10ClF3N4O. The fourth-order valence-electron chi connectivity index (χ4n) is 1.76. The third-order valence-electron chi connectivity index (χ3n) is 2.80. The highest BCUT2D eigenvalue weighted by atomic mass is 35.5. The Morgan fingerprint density at radius 1 is 1.43 bits per heavy atom. The Kier molecular flexibility index (Phi) is 3.82. The highest BCUT2D eigenvalue weighted by Gasteiger charge is 2.35. The molecule has 0 aliphatic carbocycles. The summed E-state index contributed by atoms with van der Waals surface area (Å²) < 4.78 is 40.5. The van der Waals surface area contributed by atoms with Gasteiger partial charge < -0.3 is 10.9 Å². The van der Waals surface area contributed by atoms with E-state index < -0.39 is 23.1 Å². The molecule has 0 aliphatic heterocycles. The van der Waals surface area contributed by atoms with Crippen molar-refractivity contribution in [1.29, 1.82) is 0 Å². The van der Waals surface area contributed by atoms with E-state index in [1.807, 2.05) is 0 Å². The smallest absolute Gasteiger partial charge is 0.409 e. The largest absolute Gasteiger partial charge is 0.417 e. The molecular weight excluding hydrogens is 309 g/mol. The molecule has 2 rings (SSSR count). The lowest BCUT2D eigenvalue weighted by Crippen LogP contribution is -2.20. The summed E-state index contributed by atoms with van der Waals surface area (Å²) in [6.07, 6.45) is -3.26. The van der Waals surface area contributed by atoms with Crippen molar-refractivity contribution in [3.05, 3.63) is 46.2 Å². The van der Waals surface area contributed by atoms with E-state index in [-0.39, 0.29) is 5.69 Å². The molecule has 1 heterocycles. The molecule has 21 heavy (non-hydrogen) atoms. The predicted molar refractivity (Wildman–Crippen MR) is 70.8 cm³/mol. The van der Waals surface area contributed by atoms with E-state index in [0.29, 0.717) is 10.7 Å². The number of nitrogens with two attached hydrogens (primary N) is 1. The molecule has 0 fully saturated rings. The van der Waals surface area contributed by atoms with Gasteiger partial charge in [0.2, 0.25) is 0 Å². The van der Waals surface area contributed by atoms with E-state index in [1.165, 1.54) is 16.9 Å². The van der Waals surface area contributed by atoms with Crippen molar-refractivity contribution in [2.75, 3.05) is 0 Å². The zero-order valence-corrected chi connectivity index (χ0v) is 11.4. The molecule has 0 saturated heterocycles. The maximum atomic E-state index is 13.1. The van der Waals surface area contributed by atoms with Crippen LogP contribution in [-0.2, 0) is 6.18 Å². The van der Waals surface area contributed by atoms with Gasteiger partial charge in [-0.1, -0.05) is 16.8 Å². The molecule has 0 bridgehead atoms. The lowest BCUT2D eigenvalue weighted by molar-refractivity contribution is -0.137. The van der Waals surface area contributed by atoms with E-state index in [1.54, 1.807) is 6.92 Å². The molecule has 2 aromatic rings. The summed E-state index contributed by atoms with van der Waals surface area (Å²) in [4.78, 5) is 0. The summed E-state index contributed by atoms with van der Waals surface area (Å²) >= 11 is 5.84. The Bertz CT molecular complexity index is 690. The van der Waals surface area contributed by atoms with Crippen molar-refractivity contribution in [2.45, 2.75) is 13.1 Å². The first-order valence-corrected chi connectivity index (χ1v) is 6.03. The monoisotopic (exact) mass is 318 g/mol. The molecule has 0 spiro atoms. The van der Waals surface area contributed by atoms with Crippen molar-refractivity contribution in [3.63, 3.8) is 0 Å². The molecule has 0 aliphatic rings. The molecule has 0 atom stereocenters. The molecule has 0 radical (unpaired) electrons. The lowest BCUT2D eigenvalue weighted by atomic mass is 10.1. The minimum Gasteiger partial charge on any atom is -0.409 e. The van der Waals surface area contributed by atoms with Crippen molar-refractivity contribution in [3.8, 4) is 5.69 Å². The Labute approximate surface area is 122 Å². The molecule has 0 amide bonds. The van der Waals surface area contributed by atoms with E-state index >= 15 is 0 Å². The number of nitrogens with zero attached hydrogens (tertiary/aromatic N) is 3. The zero-order chi connectivity index (χ0) is 15.8. The summed E-state index contributed by atoms with van der Waals surface area (Å²) in [6.45, 7) is 1.63. The number of aryl methyl sites for hydroxylation is 1. The van der Waals surface area contributed by atoms with Crippen LogP contribution in [0.2, 0.25) is 5.02 Å². The fraction of sp³-hybridized carbons (Fsp3) is 0.167. The second-order valence-electron chi connectivity index (χ2n) is 4.22. The minimum absolute atomic E-state index is 0.159. The van der Waals surface area contributed by atoms with E-state index in [9.17, 15) is 13.2 Å². The second-order valence-corrected chi connectivity index (χ2v) is 4.63. The number of aromatic nitrogens is 2. The Morgan fingerprint density at radius 2 is 2.10 bits per heavy atom. The van der Waals surface area contributed by atoms with Crippen LogP contribution < -0.4 is 5.73 Å². The van der Waals surface area contributed by atoms with Crippen LogP contribution in [-0.4, -0.2) is 20.8 Å². The number of rotatable bonds is 2. The topological polar surface area (TPSA) is 76.4 Å². The molecule has 0 saturated carbocycles. The minimum atomic E-state index is -4.66. The summed E-state index contributed by atoms with van der Waals surface area (Å²) in [6, 6.07) is 3.33. The van der Waals surface area contributed by atoms with Crippen LogP contribution in [0.25, 0.3) is 5.69 Å². The van der Waals surface area contributed by atoms with Gasteiger partial charge in [0.25, 0.3) is 0 Å². The van der Waals surface area contributed by atoms with Crippen LogP contribution in [0.3, 0.4) is 0 Å². The highest BCUT2D eigenvalue weighted by Crippen LogP contribution is 2.33. The van der Waals surface area contributed by atoms with Gasteiger partial charge in [0, 0.05) is 11.8 Å². The van der Waals surface area contributed by atoms with Gasteiger partial charge in [0.15, 0.2) is 5.84 Å². The van der Waals surface area contributed by atoms with E-state index in [4.69, 9.17) is 22.5 Å². The lowest BCUT2D eigenvalue weighted by Gasteiger charge is -2.13. The number of amidine groups is 1. The average Bonchev–Trinajstić information content (AvgIpc) is 2.76. The van der Waals surface area contributed by atoms with Crippen LogP contribution in [0.4, 0.5) is 13.2 Å². The molecule has 3 N–H and O–H groups in total. The Hall–Kier alpha value is -2.22.